The number of hydrogen-bond donors (Lipinski definition) is 2. The van der Waals surface area contributed by atoms with Crippen molar-refractivity contribution in [3.8, 4) is 0 Å². The van der Waals surface area contributed by atoms with Gasteiger partial charge in [-0.15, -0.1) is 0 Å². The summed E-state index contributed by atoms with van der Waals surface area (Å²) in [5, 5.41) is 5.71. The van der Waals surface area contributed by atoms with E-state index in [0.717, 1.165) is 30.6 Å². The maximum Gasteiger partial charge on any atom is 0.389 e. The Balaban J connectivity index is 2.01. The van der Waals surface area contributed by atoms with Crippen LogP contribution in [-0.2, 0) is 11.2 Å². The van der Waals surface area contributed by atoms with Crippen molar-refractivity contribution in [3.05, 3.63) is 23.8 Å². The van der Waals surface area contributed by atoms with E-state index in [-0.39, 0.29) is 0 Å². The van der Waals surface area contributed by atoms with Crippen LogP contribution in [0.25, 0.3) is 0 Å². The first-order chi connectivity index (χ1) is 8.96. The van der Waals surface area contributed by atoms with E-state index in [2.05, 4.69) is 10.6 Å². The van der Waals surface area contributed by atoms with E-state index in [4.69, 9.17) is 0 Å². The van der Waals surface area contributed by atoms with Gasteiger partial charge < -0.3 is 10.6 Å². The first kappa shape index (κ1) is 13.7. The van der Waals surface area contributed by atoms with Crippen LogP contribution in [0.1, 0.15) is 24.8 Å². The molecule has 1 aromatic rings. The van der Waals surface area contributed by atoms with Crippen molar-refractivity contribution >= 4 is 17.3 Å². The Labute approximate surface area is 109 Å². The van der Waals surface area contributed by atoms with Crippen molar-refractivity contribution in [1.82, 2.24) is 0 Å². The molecular weight excluding hydrogens is 257 g/mol. The highest BCUT2D eigenvalue weighted by Crippen LogP contribution is 2.30. The summed E-state index contributed by atoms with van der Waals surface area (Å²) in [6.45, 7) is 0.808. The van der Waals surface area contributed by atoms with Crippen LogP contribution in [0.2, 0.25) is 0 Å². The van der Waals surface area contributed by atoms with Crippen molar-refractivity contribution in [1.29, 1.82) is 0 Å². The van der Waals surface area contributed by atoms with Gasteiger partial charge in [0.15, 0.2) is 0 Å². The fourth-order valence-corrected chi connectivity index (χ4v) is 2.08. The van der Waals surface area contributed by atoms with Gasteiger partial charge >= 0.3 is 6.18 Å². The maximum atomic E-state index is 12.0. The van der Waals surface area contributed by atoms with Crippen LogP contribution < -0.4 is 10.6 Å². The number of aryl methyl sites for hydroxylation is 1. The van der Waals surface area contributed by atoms with E-state index in [1.54, 1.807) is 12.1 Å². The first-order valence-corrected chi connectivity index (χ1v) is 6.18. The molecule has 2 rings (SSSR count). The normalized spacial score (nSPS) is 14.5. The summed E-state index contributed by atoms with van der Waals surface area (Å²) in [7, 11) is 0. The van der Waals surface area contributed by atoms with Gasteiger partial charge in [0, 0.05) is 13.0 Å². The second kappa shape index (κ2) is 5.50. The van der Waals surface area contributed by atoms with Gasteiger partial charge in [-0.25, -0.2) is 0 Å². The lowest BCUT2D eigenvalue weighted by atomic mass is 10.0. The Kier molecular flexibility index (Phi) is 3.97. The van der Waals surface area contributed by atoms with Crippen LogP contribution >= 0.6 is 0 Å². The number of carbonyl (C=O) groups excluding carboxylic acids is 1. The monoisotopic (exact) mass is 272 g/mol. The smallest absolute Gasteiger partial charge is 0.383 e. The fourth-order valence-electron chi connectivity index (χ4n) is 2.08. The number of amides is 1. The van der Waals surface area contributed by atoms with Crippen LogP contribution in [0.15, 0.2) is 18.2 Å². The van der Waals surface area contributed by atoms with Gasteiger partial charge in [0.25, 0.3) is 0 Å². The van der Waals surface area contributed by atoms with E-state index >= 15 is 0 Å². The summed E-state index contributed by atoms with van der Waals surface area (Å²) >= 11 is 0. The van der Waals surface area contributed by atoms with E-state index in [0.29, 0.717) is 5.69 Å². The second-order valence-electron chi connectivity index (χ2n) is 4.53. The first-order valence-electron chi connectivity index (χ1n) is 6.18. The molecule has 0 aliphatic carbocycles. The number of halogens is 3. The quantitative estimate of drug-likeness (QED) is 0.886. The van der Waals surface area contributed by atoms with Crippen LogP contribution in [0.5, 0.6) is 0 Å². The lowest BCUT2D eigenvalue weighted by Crippen LogP contribution is -2.19. The average molecular weight is 272 g/mol. The van der Waals surface area contributed by atoms with Gasteiger partial charge in [0.05, 0.1) is 17.8 Å². The minimum atomic E-state index is -4.30. The van der Waals surface area contributed by atoms with Crippen molar-refractivity contribution in [2.75, 3.05) is 17.2 Å². The molecule has 0 aromatic heterocycles. The maximum absolute atomic E-state index is 12.0. The average Bonchev–Trinajstić information content (AvgIpc) is 2.36. The molecule has 0 atom stereocenters. The zero-order valence-electron chi connectivity index (χ0n) is 10.3. The molecule has 6 heteroatoms. The molecule has 0 radical (unpaired) electrons. The highest BCUT2D eigenvalue weighted by molar-refractivity contribution is 5.94. The van der Waals surface area contributed by atoms with E-state index < -0.39 is 24.9 Å². The van der Waals surface area contributed by atoms with Gasteiger partial charge in [-0.05, 0) is 24.5 Å². The van der Waals surface area contributed by atoms with Crippen LogP contribution in [0.3, 0.4) is 0 Å². The molecule has 104 valence electrons. The summed E-state index contributed by atoms with van der Waals surface area (Å²) in [6, 6.07) is 5.45. The summed E-state index contributed by atoms with van der Waals surface area (Å²) in [4.78, 5) is 11.5. The molecule has 0 saturated heterocycles. The molecule has 0 spiro atoms. The highest BCUT2D eigenvalue weighted by atomic mass is 19.4. The molecular formula is C13H15F3N2O. The Bertz CT molecular complexity index is 471. The lowest BCUT2D eigenvalue weighted by molar-refractivity contribution is -0.142. The Hall–Kier alpha value is -1.72. The molecule has 1 amide bonds. The standard InChI is InChI=1S/C13H15F3N2O/c14-13(15,16)7-6-11(19)18-10-5-1-3-9-4-2-8-17-12(9)10/h1,3,5,17H,2,4,6-8H2,(H,18,19). The van der Waals surface area contributed by atoms with Crippen molar-refractivity contribution < 1.29 is 18.0 Å². The number of hydrogen-bond acceptors (Lipinski definition) is 2. The summed E-state index contributed by atoms with van der Waals surface area (Å²) in [5.41, 5.74) is 2.47. The predicted molar refractivity (Wildman–Crippen MR) is 67.2 cm³/mol. The number of fused-ring (bicyclic) bond motifs is 1. The molecule has 2 N–H and O–H groups in total. The molecule has 0 unspecified atom stereocenters. The summed E-state index contributed by atoms with van der Waals surface area (Å²) in [6.07, 6.45) is -4.02. The molecule has 0 fully saturated rings. The number of rotatable bonds is 3. The van der Waals surface area contributed by atoms with Gasteiger partial charge in [-0.3, -0.25) is 4.79 Å². The van der Waals surface area contributed by atoms with Crippen LogP contribution in [0.4, 0.5) is 24.5 Å². The van der Waals surface area contributed by atoms with Gasteiger partial charge in [0.1, 0.15) is 0 Å². The van der Waals surface area contributed by atoms with Gasteiger partial charge in [-0.2, -0.15) is 13.2 Å². The van der Waals surface area contributed by atoms with E-state index in [9.17, 15) is 18.0 Å². The molecule has 1 aliphatic rings. The van der Waals surface area contributed by atoms with Crippen molar-refractivity contribution in [2.45, 2.75) is 31.9 Å². The van der Waals surface area contributed by atoms with Crippen LogP contribution in [0, 0.1) is 0 Å². The summed E-state index contributed by atoms with van der Waals surface area (Å²) < 4.78 is 36.1. The third kappa shape index (κ3) is 3.87. The number of carbonyl (C=O) groups is 1. The highest BCUT2D eigenvalue weighted by Gasteiger charge is 2.28. The summed E-state index contributed by atoms with van der Waals surface area (Å²) in [5.74, 6) is -0.613. The van der Waals surface area contributed by atoms with Gasteiger partial charge in [0.2, 0.25) is 5.91 Å². The third-order valence-electron chi connectivity index (χ3n) is 2.99. The largest absolute Gasteiger partial charge is 0.389 e. The molecule has 0 saturated carbocycles. The molecule has 19 heavy (non-hydrogen) atoms. The Morgan fingerprint density at radius 2 is 2.16 bits per heavy atom. The van der Waals surface area contributed by atoms with Crippen molar-refractivity contribution in [2.24, 2.45) is 0 Å². The minimum absolute atomic E-state index is 0.548. The molecule has 1 aromatic carbocycles. The van der Waals surface area contributed by atoms with Crippen molar-refractivity contribution in [3.63, 3.8) is 0 Å². The number of anilines is 2. The zero-order chi connectivity index (χ0) is 13.9. The van der Waals surface area contributed by atoms with Crippen LogP contribution in [-0.4, -0.2) is 18.6 Å². The van der Waals surface area contributed by atoms with E-state index in [1.165, 1.54) is 0 Å². The number of alkyl halides is 3. The number of para-hydroxylation sites is 1. The number of nitrogens with one attached hydrogen (secondary N) is 2. The molecule has 0 bridgehead atoms. The zero-order valence-corrected chi connectivity index (χ0v) is 10.3. The lowest BCUT2D eigenvalue weighted by Gasteiger charge is -2.21. The molecule has 1 aliphatic heterocycles. The topological polar surface area (TPSA) is 41.1 Å². The molecule has 1 heterocycles. The Morgan fingerprint density at radius 1 is 1.37 bits per heavy atom. The number of benzene rings is 1. The van der Waals surface area contributed by atoms with E-state index in [1.807, 2.05) is 6.07 Å². The predicted octanol–water partition coefficient (Wildman–Crippen LogP) is 3.33. The fraction of sp³-hybridized carbons (Fsp3) is 0.462. The second-order valence-corrected chi connectivity index (χ2v) is 4.53. The Morgan fingerprint density at radius 3 is 2.89 bits per heavy atom. The third-order valence-corrected chi connectivity index (χ3v) is 2.99. The SMILES string of the molecule is O=C(CCC(F)(F)F)Nc1cccc2c1NCCC2. The minimum Gasteiger partial charge on any atom is -0.383 e. The molecule has 3 nitrogen and oxygen atoms in total. The van der Waals surface area contributed by atoms with Gasteiger partial charge in [-0.1, -0.05) is 12.1 Å².